The zero-order valence-corrected chi connectivity index (χ0v) is 10.0. The third kappa shape index (κ3) is 2.47. The molecule has 17 heavy (non-hydrogen) atoms. The fourth-order valence-corrected chi connectivity index (χ4v) is 2.61. The Kier molecular flexibility index (Phi) is 3.06. The van der Waals surface area contributed by atoms with E-state index < -0.39 is 0 Å². The van der Waals surface area contributed by atoms with Crippen LogP contribution in [0.5, 0.6) is 0 Å². The summed E-state index contributed by atoms with van der Waals surface area (Å²) in [6.07, 6.45) is 7.12. The molecule has 1 aromatic heterocycles. The summed E-state index contributed by atoms with van der Waals surface area (Å²) in [7, 11) is 0. The molecule has 1 unspecified atom stereocenters. The molecule has 0 radical (unpaired) electrons. The van der Waals surface area contributed by atoms with Gasteiger partial charge in [0.25, 0.3) is 0 Å². The number of aromatic nitrogens is 1. The number of hydrogen-bond donors (Lipinski definition) is 1. The monoisotopic (exact) mass is 226 g/mol. The van der Waals surface area contributed by atoms with Crippen LogP contribution >= 0.6 is 0 Å². The molecule has 2 nitrogen and oxygen atoms in total. The van der Waals surface area contributed by atoms with Crippen molar-refractivity contribution < 1.29 is 0 Å². The van der Waals surface area contributed by atoms with Crippen molar-refractivity contribution >= 4 is 10.9 Å². The van der Waals surface area contributed by atoms with Gasteiger partial charge >= 0.3 is 0 Å². The van der Waals surface area contributed by atoms with Crippen LogP contribution in [0.3, 0.4) is 0 Å². The van der Waals surface area contributed by atoms with Crippen molar-refractivity contribution in [2.75, 3.05) is 6.54 Å². The van der Waals surface area contributed by atoms with E-state index in [-0.39, 0.29) is 0 Å². The molecule has 1 N–H and O–H groups in total. The van der Waals surface area contributed by atoms with Gasteiger partial charge in [0.05, 0.1) is 5.52 Å². The van der Waals surface area contributed by atoms with Gasteiger partial charge in [-0.2, -0.15) is 0 Å². The highest BCUT2D eigenvalue weighted by Gasteiger charge is 2.13. The average Bonchev–Trinajstić information content (AvgIpc) is 2.40. The number of hydrogen-bond acceptors (Lipinski definition) is 2. The van der Waals surface area contributed by atoms with Crippen LogP contribution in [0.4, 0.5) is 0 Å². The van der Waals surface area contributed by atoms with Gasteiger partial charge in [0, 0.05) is 17.6 Å². The van der Waals surface area contributed by atoms with Gasteiger partial charge in [0.2, 0.25) is 0 Å². The van der Waals surface area contributed by atoms with E-state index in [1.165, 1.54) is 36.8 Å². The minimum Gasteiger partial charge on any atom is -0.314 e. The molecule has 0 saturated carbocycles. The molecule has 1 aliphatic heterocycles. The lowest BCUT2D eigenvalue weighted by atomic mass is 9.98. The summed E-state index contributed by atoms with van der Waals surface area (Å²) < 4.78 is 0. The SMILES string of the molecule is c1ccc2ncc(CC3CCCCN3)cc2c1. The van der Waals surface area contributed by atoms with Gasteiger partial charge in [-0.3, -0.25) is 4.98 Å². The van der Waals surface area contributed by atoms with E-state index in [4.69, 9.17) is 0 Å². The first-order valence-electron chi connectivity index (χ1n) is 6.49. The molecule has 1 atom stereocenters. The van der Waals surface area contributed by atoms with E-state index in [1.807, 2.05) is 12.3 Å². The summed E-state index contributed by atoms with van der Waals surface area (Å²) in [6.45, 7) is 1.17. The molecular formula is C15H18N2. The number of fused-ring (bicyclic) bond motifs is 1. The molecule has 2 aromatic rings. The normalized spacial score (nSPS) is 20.6. The van der Waals surface area contributed by atoms with Crippen molar-refractivity contribution in [2.24, 2.45) is 0 Å². The van der Waals surface area contributed by atoms with Crippen LogP contribution in [-0.2, 0) is 6.42 Å². The van der Waals surface area contributed by atoms with Crippen molar-refractivity contribution in [2.45, 2.75) is 31.7 Å². The van der Waals surface area contributed by atoms with Crippen molar-refractivity contribution in [1.29, 1.82) is 0 Å². The first-order valence-corrected chi connectivity index (χ1v) is 6.49. The van der Waals surface area contributed by atoms with Crippen molar-refractivity contribution in [1.82, 2.24) is 10.3 Å². The van der Waals surface area contributed by atoms with Gasteiger partial charge in [-0.05, 0) is 43.5 Å². The molecule has 0 spiro atoms. The van der Waals surface area contributed by atoms with Crippen LogP contribution in [0.25, 0.3) is 10.9 Å². The fraction of sp³-hybridized carbons (Fsp3) is 0.400. The summed E-state index contributed by atoms with van der Waals surface area (Å²) >= 11 is 0. The predicted octanol–water partition coefficient (Wildman–Crippen LogP) is 2.92. The zero-order valence-electron chi connectivity index (χ0n) is 10.0. The van der Waals surface area contributed by atoms with E-state index in [0.29, 0.717) is 6.04 Å². The Bertz CT molecular complexity index is 501. The quantitative estimate of drug-likeness (QED) is 0.851. The maximum absolute atomic E-state index is 4.52. The lowest BCUT2D eigenvalue weighted by Crippen LogP contribution is -2.35. The van der Waals surface area contributed by atoms with Crippen molar-refractivity contribution in [3.8, 4) is 0 Å². The Labute approximate surface area is 102 Å². The third-order valence-electron chi connectivity index (χ3n) is 3.54. The molecule has 1 aromatic carbocycles. The van der Waals surface area contributed by atoms with Crippen LogP contribution in [-0.4, -0.2) is 17.6 Å². The molecule has 1 saturated heterocycles. The third-order valence-corrected chi connectivity index (χ3v) is 3.54. The number of pyridine rings is 1. The molecule has 0 amide bonds. The van der Waals surface area contributed by atoms with Crippen LogP contribution in [0, 0.1) is 0 Å². The second-order valence-corrected chi connectivity index (χ2v) is 4.89. The Hall–Kier alpha value is -1.41. The average molecular weight is 226 g/mol. The van der Waals surface area contributed by atoms with E-state index in [2.05, 4.69) is 34.6 Å². The highest BCUT2D eigenvalue weighted by atomic mass is 14.9. The summed E-state index contributed by atoms with van der Waals surface area (Å²) in [5.74, 6) is 0. The first kappa shape index (κ1) is 10.7. The summed E-state index contributed by atoms with van der Waals surface area (Å²) in [6, 6.07) is 11.2. The second-order valence-electron chi connectivity index (χ2n) is 4.89. The number of benzene rings is 1. The van der Waals surface area contributed by atoms with Crippen LogP contribution < -0.4 is 5.32 Å². The minimum atomic E-state index is 0.645. The number of nitrogens with zero attached hydrogens (tertiary/aromatic N) is 1. The van der Waals surface area contributed by atoms with Gasteiger partial charge in [-0.25, -0.2) is 0 Å². The Balaban J connectivity index is 1.80. The summed E-state index contributed by atoms with van der Waals surface area (Å²) in [5.41, 5.74) is 2.44. The van der Waals surface area contributed by atoms with Crippen molar-refractivity contribution in [3.63, 3.8) is 0 Å². The summed E-state index contributed by atoms with van der Waals surface area (Å²) in [4.78, 5) is 4.52. The Morgan fingerprint density at radius 2 is 2.18 bits per heavy atom. The standard InChI is InChI=1S/C15H18N2/c1-2-7-15-13(5-1)9-12(11-17-15)10-14-6-3-4-8-16-14/h1-2,5,7,9,11,14,16H,3-4,6,8,10H2. The second kappa shape index (κ2) is 4.84. The molecular weight excluding hydrogens is 208 g/mol. The molecule has 3 rings (SSSR count). The molecule has 1 aliphatic rings. The summed E-state index contributed by atoms with van der Waals surface area (Å²) in [5, 5.41) is 4.84. The number of nitrogens with one attached hydrogen (secondary N) is 1. The molecule has 0 bridgehead atoms. The fourth-order valence-electron chi connectivity index (χ4n) is 2.61. The number of rotatable bonds is 2. The van der Waals surface area contributed by atoms with Gasteiger partial charge in [0.15, 0.2) is 0 Å². The van der Waals surface area contributed by atoms with Crippen molar-refractivity contribution in [3.05, 3.63) is 42.1 Å². The molecule has 2 heterocycles. The topological polar surface area (TPSA) is 24.9 Å². The zero-order chi connectivity index (χ0) is 11.5. The lowest BCUT2D eigenvalue weighted by Gasteiger charge is -2.23. The van der Waals surface area contributed by atoms with Gasteiger partial charge < -0.3 is 5.32 Å². The highest BCUT2D eigenvalue weighted by molar-refractivity contribution is 5.78. The van der Waals surface area contributed by atoms with Crippen LogP contribution in [0.15, 0.2) is 36.5 Å². The van der Waals surface area contributed by atoms with E-state index in [9.17, 15) is 0 Å². The molecule has 0 aliphatic carbocycles. The van der Waals surface area contributed by atoms with Crippen LogP contribution in [0.2, 0.25) is 0 Å². The van der Waals surface area contributed by atoms with E-state index in [0.717, 1.165) is 11.9 Å². The largest absolute Gasteiger partial charge is 0.314 e. The smallest absolute Gasteiger partial charge is 0.0702 e. The Morgan fingerprint density at radius 1 is 1.24 bits per heavy atom. The molecule has 1 fully saturated rings. The number of para-hydroxylation sites is 1. The van der Waals surface area contributed by atoms with Gasteiger partial charge in [-0.15, -0.1) is 0 Å². The first-order chi connectivity index (χ1) is 8.42. The molecule has 2 heteroatoms. The predicted molar refractivity (Wildman–Crippen MR) is 71.1 cm³/mol. The van der Waals surface area contributed by atoms with Gasteiger partial charge in [-0.1, -0.05) is 24.6 Å². The van der Waals surface area contributed by atoms with E-state index in [1.54, 1.807) is 0 Å². The van der Waals surface area contributed by atoms with Crippen LogP contribution in [0.1, 0.15) is 24.8 Å². The Morgan fingerprint density at radius 3 is 3.06 bits per heavy atom. The lowest BCUT2D eigenvalue weighted by molar-refractivity contribution is 0.399. The minimum absolute atomic E-state index is 0.645. The maximum atomic E-state index is 4.52. The molecule has 88 valence electrons. The maximum Gasteiger partial charge on any atom is 0.0702 e. The number of piperidine rings is 1. The van der Waals surface area contributed by atoms with Gasteiger partial charge in [0.1, 0.15) is 0 Å². The highest BCUT2D eigenvalue weighted by Crippen LogP contribution is 2.16. The van der Waals surface area contributed by atoms with E-state index >= 15 is 0 Å².